The number of carbonyl (C=O) groups is 2. The average molecular weight is 369 g/mol. The van der Waals surface area contributed by atoms with Crippen molar-refractivity contribution in [3.8, 4) is 11.5 Å². The van der Waals surface area contributed by atoms with Gasteiger partial charge in [0, 0.05) is 11.4 Å². The molecular formula is C17H14Cl2O5. The molecule has 2 aromatic carbocycles. The molecule has 0 aromatic heterocycles. The fourth-order valence-corrected chi connectivity index (χ4v) is 2.36. The lowest BCUT2D eigenvalue weighted by Gasteiger charge is -2.09. The molecule has 0 atom stereocenters. The van der Waals surface area contributed by atoms with E-state index in [2.05, 4.69) is 0 Å². The predicted molar refractivity (Wildman–Crippen MR) is 90.2 cm³/mol. The molecule has 0 fully saturated rings. The molecule has 0 unspecified atom stereocenters. The molecular weight excluding hydrogens is 355 g/mol. The van der Waals surface area contributed by atoms with Crippen molar-refractivity contribution in [1.82, 2.24) is 0 Å². The van der Waals surface area contributed by atoms with Crippen LogP contribution in [-0.4, -0.2) is 23.7 Å². The third kappa shape index (κ3) is 5.15. The second-order valence-corrected chi connectivity index (χ2v) is 5.65. The summed E-state index contributed by atoms with van der Waals surface area (Å²) in [6, 6.07) is 10.8. The van der Waals surface area contributed by atoms with E-state index < -0.39 is 11.9 Å². The van der Waals surface area contributed by atoms with Crippen LogP contribution in [0, 0.1) is 0 Å². The first-order valence-electron chi connectivity index (χ1n) is 7.08. The molecule has 0 amide bonds. The molecule has 0 aliphatic heterocycles. The first-order valence-corrected chi connectivity index (χ1v) is 7.84. The van der Waals surface area contributed by atoms with E-state index in [1.807, 2.05) is 0 Å². The molecule has 1 N–H and O–H groups in total. The molecule has 0 heterocycles. The van der Waals surface area contributed by atoms with Gasteiger partial charge in [-0.25, -0.2) is 4.79 Å². The number of benzene rings is 2. The van der Waals surface area contributed by atoms with Crippen LogP contribution in [0.1, 0.15) is 23.2 Å². The zero-order valence-corrected chi connectivity index (χ0v) is 14.0. The van der Waals surface area contributed by atoms with Crippen LogP contribution in [0.4, 0.5) is 0 Å². The van der Waals surface area contributed by atoms with Gasteiger partial charge in [0.25, 0.3) is 0 Å². The second kappa shape index (κ2) is 8.57. The van der Waals surface area contributed by atoms with Crippen molar-refractivity contribution in [3.05, 3.63) is 58.1 Å². The Hall–Kier alpha value is -2.24. The average Bonchev–Trinajstić information content (AvgIpc) is 2.53. The van der Waals surface area contributed by atoms with Gasteiger partial charge in [-0.05, 0) is 36.8 Å². The van der Waals surface area contributed by atoms with Crippen molar-refractivity contribution in [3.63, 3.8) is 0 Å². The largest absolute Gasteiger partial charge is 0.492 e. The van der Waals surface area contributed by atoms with Crippen LogP contribution < -0.4 is 9.47 Å². The highest BCUT2D eigenvalue weighted by Crippen LogP contribution is 2.27. The fourth-order valence-electron chi connectivity index (χ4n) is 1.90. The number of aromatic carboxylic acids is 1. The summed E-state index contributed by atoms with van der Waals surface area (Å²) < 4.78 is 10.5. The van der Waals surface area contributed by atoms with Gasteiger partial charge in [-0.1, -0.05) is 35.3 Å². The van der Waals surface area contributed by atoms with E-state index in [4.69, 9.17) is 37.8 Å². The summed E-state index contributed by atoms with van der Waals surface area (Å²) in [7, 11) is 0. The van der Waals surface area contributed by atoms with Crippen LogP contribution >= 0.6 is 23.2 Å². The summed E-state index contributed by atoms with van der Waals surface area (Å²) in [6.07, 6.45) is 0.478. The number of halogens is 2. The van der Waals surface area contributed by atoms with Crippen molar-refractivity contribution in [1.29, 1.82) is 0 Å². The number of esters is 1. The number of hydrogen-bond acceptors (Lipinski definition) is 4. The molecule has 0 saturated carbocycles. The van der Waals surface area contributed by atoms with Crippen LogP contribution in [0.3, 0.4) is 0 Å². The Morgan fingerprint density at radius 1 is 1.04 bits per heavy atom. The maximum Gasteiger partial charge on any atom is 0.339 e. The molecule has 7 heteroatoms. The number of carboxylic acid groups (broad SMARTS) is 1. The molecule has 2 aromatic rings. The molecule has 0 aliphatic rings. The highest BCUT2D eigenvalue weighted by molar-refractivity contribution is 6.35. The highest BCUT2D eigenvalue weighted by Gasteiger charge is 2.13. The van der Waals surface area contributed by atoms with Gasteiger partial charge in [-0.2, -0.15) is 0 Å². The van der Waals surface area contributed by atoms with Crippen molar-refractivity contribution in [2.75, 3.05) is 6.61 Å². The van der Waals surface area contributed by atoms with E-state index in [-0.39, 0.29) is 24.3 Å². The summed E-state index contributed by atoms with van der Waals surface area (Å²) in [6.45, 7) is 0.261. The Balaban J connectivity index is 1.81. The molecule has 126 valence electrons. The Kier molecular flexibility index (Phi) is 6.46. The smallest absolute Gasteiger partial charge is 0.339 e. The van der Waals surface area contributed by atoms with E-state index in [0.29, 0.717) is 22.2 Å². The topological polar surface area (TPSA) is 72.8 Å². The van der Waals surface area contributed by atoms with Gasteiger partial charge in [0.2, 0.25) is 0 Å². The molecule has 2 rings (SSSR count). The number of ether oxygens (including phenoxy) is 2. The molecule has 0 bridgehead atoms. The number of rotatable bonds is 7. The number of carboxylic acids is 1. The van der Waals surface area contributed by atoms with Gasteiger partial charge in [0.15, 0.2) is 0 Å². The first-order chi connectivity index (χ1) is 11.5. The molecule has 24 heavy (non-hydrogen) atoms. The van der Waals surface area contributed by atoms with E-state index in [9.17, 15) is 9.59 Å². The normalized spacial score (nSPS) is 10.2. The van der Waals surface area contributed by atoms with Crippen molar-refractivity contribution in [2.45, 2.75) is 12.8 Å². The third-order valence-corrected chi connectivity index (χ3v) is 3.55. The van der Waals surface area contributed by atoms with Gasteiger partial charge >= 0.3 is 11.9 Å². The van der Waals surface area contributed by atoms with E-state index in [1.54, 1.807) is 30.3 Å². The predicted octanol–water partition coefficient (Wildman–Crippen LogP) is 4.46. The van der Waals surface area contributed by atoms with Crippen molar-refractivity contribution < 1.29 is 24.2 Å². The molecule has 0 radical (unpaired) electrons. The minimum Gasteiger partial charge on any atom is -0.492 e. The summed E-state index contributed by atoms with van der Waals surface area (Å²) >= 11 is 11.8. The lowest BCUT2D eigenvalue weighted by Crippen LogP contribution is -2.12. The minimum absolute atomic E-state index is 0.0247. The number of carbonyl (C=O) groups excluding carboxylic acids is 1. The Morgan fingerprint density at radius 3 is 2.50 bits per heavy atom. The van der Waals surface area contributed by atoms with Crippen LogP contribution in [0.2, 0.25) is 10.0 Å². The second-order valence-electron chi connectivity index (χ2n) is 4.80. The standard InChI is InChI=1S/C17H14Cl2O5/c18-11-7-8-15(13(19)10-11)23-9-3-6-16(20)24-14-5-2-1-4-12(14)17(21)22/h1-2,4-5,7-8,10H,3,6,9H2,(H,21,22). The molecule has 5 nitrogen and oxygen atoms in total. The van der Waals surface area contributed by atoms with Crippen LogP contribution in [0.25, 0.3) is 0 Å². The molecule has 0 spiro atoms. The van der Waals surface area contributed by atoms with E-state index >= 15 is 0 Å². The maximum atomic E-state index is 11.8. The quantitative estimate of drug-likeness (QED) is 0.443. The minimum atomic E-state index is -1.15. The summed E-state index contributed by atoms with van der Waals surface area (Å²) in [4.78, 5) is 22.8. The van der Waals surface area contributed by atoms with Gasteiger partial charge in [0.05, 0.1) is 11.6 Å². The van der Waals surface area contributed by atoms with Crippen LogP contribution in [-0.2, 0) is 4.79 Å². The Morgan fingerprint density at radius 2 is 1.79 bits per heavy atom. The van der Waals surface area contributed by atoms with Crippen molar-refractivity contribution >= 4 is 35.1 Å². The maximum absolute atomic E-state index is 11.8. The first kappa shape index (κ1) is 18.1. The summed E-state index contributed by atoms with van der Waals surface area (Å²) in [5.41, 5.74) is -0.0601. The van der Waals surface area contributed by atoms with Crippen LogP contribution in [0.5, 0.6) is 11.5 Å². The third-order valence-electron chi connectivity index (χ3n) is 3.02. The van der Waals surface area contributed by atoms with E-state index in [0.717, 1.165) is 0 Å². The Labute approximate surface area is 148 Å². The lowest BCUT2D eigenvalue weighted by molar-refractivity contribution is -0.134. The van der Waals surface area contributed by atoms with Gasteiger partial charge < -0.3 is 14.6 Å². The van der Waals surface area contributed by atoms with Gasteiger partial charge in [-0.15, -0.1) is 0 Å². The number of hydrogen-bond donors (Lipinski definition) is 1. The van der Waals surface area contributed by atoms with E-state index in [1.165, 1.54) is 12.1 Å². The monoisotopic (exact) mass is 368 g/mol. The number of para-hydroxylation sites is 1. The zero-order valence-electron chi connectivity index (χ0n) is 12.5. The fraction of sp³-hybridized carbons (Fsp3) is 0.176. The van der Waals surface area contributed by atoms with Crippen molar-refractivity contribution in [2.24, 2.45) is 0 Å². The van der Waals surface area contributed by atoms with Crippen LogP contribution in [0.15, 0.2) is 42.5 Å². The SMILES string of the molecule is O=C(CCCOc1ccc(Cl)cc1Cl)Oc1ccccc1C(=O)O. The molecule has 0 saturated heterocycles. The Bertz CT molecular complexity index is 746. The summed E-state index contributed by atoms with van der Waals surface area (Å²) in [5, 5.41) is 9.93. The lowest BCUT2D eigenvalue weighted by atomic mass is 10.2. The highest BCUT2D eigenvalue weighted by atomic mass is 35.5. The molecule has 0 aliphatic carbocycles. The van der Waals surface area contributed by atoms with Gasteiger partial charge in [-0.3, -0.25) is 4.79 Å². The zero-order chi connectivity index (χ0) is 17.5. The summed E-state index contributed by atoms with van der Waals surface area (Å²) in [5.74, 6) is -1.18. The van der Waals surface area contributed by atoms with Gasteiger partial charge in [0.1, 0.15) is 17.1 Å².